The number of halogens is 2. The number of ether oxygens (including phenoxy) is 2. The molecular formula is C22H21Cl2NO4. The van der Waals surface area contributed by atoms with Crippen LogP contribution in [0.15, 0.2) is 46.9 Å². The molecule has 0 aliphatic heterocycles. The van der Waals surface area contributed by atoms with E-state index in [0.717, 1.165) is 11.1 Å². The fraction of sp³-hybridized carbons (Fsp3) is 0.227. The average molecular weight is 434 g/mol. The van der Waals surface area contributed by atoms with E-state index in [2.05, 4.69) is 5.32 Å². The fourth-order valence-electron chi connectivity index (χ4n) is 2.96. The smallest absolute Gasteiger partial charge is 0.287 e. The van der Waals surface area contributed by atoms with Crippen molar-refractivity contribution in [1.82, 2.24) is 5.32 Å². The molecule has 0 bridgehead atoms. The van der Waals surface area contributed by atoms with E-state index >= 15 is 0 Å². The molecule has 0 aliphatic carbocycles. The van der Waals surface area contributed by atoms with Crippen molar-refractivity contribution in [3.8, 4) is 22.8 Å². The molecule has 0 saturated carbocycles. The van der Waals surface area contributed by atoms with Gasteiger partial charge in [0, 0.05) is 22.7 Å². The van der Waals surface area contributed by atoms with Crippen molar-refractivity contribution in [2.24, 2.45) is 0 Å². The zero-order valence-corrected chi connectivity index (χ0v) is 17.9. The Morgan fingerprint density at radius 2 is 1.79 bits per heavy atom. The molecule has 7 heteroatoms. The number of hydrogen-bond donors (Lipinski definition) is 1. The van der Waals surface area contributed by atoms with Crippen LogP contribution in [-0.4, -0.2) is 26.7 Å². The van der Waals surface area contributed by atoms with Crippen LogP contribution in [0.1, 0.15) is 21.7 Å². The minimum atomic E-state index is -0.285. The van der Waals surface area contributed by atoms with Crippen LogP contribution in [0.25, 0.3) is 11.3 Å². The van der Waals surface area contributed by atoms with Crippen LogP contribution in [0, 0.1) is 6.92 Å². The molecule has 0 spiro atoms. The van der Waals surface area contributed by atoms with Gasteiger partial charge >= 0.3 is 0 Å². The number of hydrogen-bond acceptors (Lipinski definition) is 4. The lowest BCUT2D eigenvalue weighted by atomic mass is 10.1. The number of carbonyl (C=O) groups is 1. The first-order chi connectivity index (χ1) is 13.9. The topological polar surface area (TPSA) is 60.7 Å². The van der Waals surface area contributed by atoms with Gasteiger partial charge in [-0.2, -0.15) is 0 Å². The predicted molar refractivity (Wildman–Crippen MR) is 114 cm³/mol. The largest absolute Gasteiger partial charge is 0.493 e. The lowest BCUT2D eigenvalue weighted by Crippen LogP contribution is -2.25. The van der Waals surface area contributed by atoms with Gasteiger partial charge in [0.25, 0.3) is 5.91 Å². The van der Waals surface area contributed by atoms with Gasteiger partial charge in [0.15, 0.2) is 17.3 Å². The molecule has 0 saturated heterocycles. The third-order valence-corrected chi connectivity index (χ3v) is 5.03. The fourth-order valence-corrected chi connectivity index (χ4v) is 3.35. The summed E-state index contributed by atoms with van der Waals surface area (Å²) in [5.41, 5.74) is 2.39. The van der Waals surface area contributed by atoms with Crippen LogP contribution in [0.4, 0.5) is 0 Å². The van der Waals surface area contributed by atoms with Gasteiger partial charge in [0.05, 0.1) is 19.2 Å². The second kappa shape index (κ2) is 9.25. The van der Waals surface area contributed by atoms with E-state index in [4.69, 9.17) is 37.1 Å². The lowest BCUT2D eigenvalue weighted by molar-refractivity contribution is 0.0926. The van der Waals surface area contributed by atoms with Crippen LogP contribution in [0.5, 0.6) is 11.5 Å². The maximum atomic E-state index is 12.6. The molecule has 1 N–H and O–H groups in total. The molecule has 0 radical (unpaired) electrons. The van der Waals surface area contributed by atoms with Crippen molar-refractivity contribution in [1.29, 1.82) is 0 Å². The number of methoxy groups -OCH3 is 2. The minimum absolute atomic E-state index is 0.253. The summed E-state index contributed by atoms with van der Waals surface area (Å²) in [6.07, 6.45) is 0.638. The van der Waals surface area contributed by atoms with Crippen LogP contribution in [0.3, 0.4) is 0 Å². The van der Waals surface area contributed by atoms with Gasteiger partial charge < -0.3 is 19.2 Å². The van der Waals surface area contributed by atoms with Crippen LogP contribution in [-0.2, 0) is 6.42 Å². The molecule has 0 fully saturated rings. The summed E-state index contributed by atoms with van der Waals surface area (Å²) in [7, 11) is 3.18. The van der Waals surface area contributed by atoms with Crippen molar-refractivity contribution < 1.29 is 18.7 Å². The highest BCUT2D eigenvalue weighted by Crippen LogP contribution is 2.33. The quantitative estimate of drug-likeness (QED) is 0.530. The molecule has 0 aliphatic rings. The Kier molecular flexibility index (Phi) is 6.72. The van der Waals surface area contributed by atoms with E-state index in [9.17, 15) is 4.79 Å². The van der Waals surface area contributed by atoms with E-state index in [1.807, 2.05) is 25.1 Å². The number of furan rings is 1. The Balaban J connectivity index is 1.67. The normalized spacial score (nSPS) is 10.7. The predicted octanol–water partition coefficient (Wildman–Crippen LogP) is 5.55. The molecule has 5 nitrogen and oxygen atoms in total. The third-order valence-electron chi connectivity index (χ3n) is 4.47. The first-order valence-corrected chi connectivity index (χ1v) is 9.73. The molecule has 1 heterocycles. The van der Waals surface area contributed by atoms with Crippen molar-refractivity contribution in [2.75, 3.05) is 20.8 Å². The second-order valence-corrected chi connectivity index (χ2v) is 7.29. The number of benzene rings is 2. The van der Waals surface area contributed by atoms with Crippen molar-refractivity contribution >= 4 is 29.1 Å². The first-order valence-electron chi connectivity index (χ1n) is 8.98. The molecule has 0 atom stereocenters. The summed E-state index contributed by atoms with van der Waals surface area (Å²) in [4.78, 5) is 12.6. The molecule has 1 amide bonds. The Bertz CT molecular complexity index is 1030. The maximum Gasteiger partial charge on any atom is 0.287 e. The van der Waals surface area contributed by atoms with Gasteiger partial charge in [-0.25, -0.2) is 0 Å². The Morgan fingerprint density at radius 1 is 1.03 bits per heavy atom. The third kappa shape index (κ3) is 4.86. The van der Waals surface area contributed by atoms with E-state index < -0.39 is 0 Å². The number of nitrogens with one attached hydrogen (secondary N) is 1. The van der Waals surface area contributed by atoms with Crippen molar-refractivity contribution in [2.45, 2.75) is 13.3 Å². The van der Waals surface area contributed by atoms with Gasteiger partial charge in [-0.15, -0.1) is 0 Å². The highest BCUT2D eigenvalue weighted by molar-refractivity contribution is 6.35. The Labute approximate surface area is 179 Å². The second-order valence-electron chi connectivity index (χ2n) is 6.44. The van der Waals surface area contributed by atoms with Crippen molar-refractivity contribution in [3.63, 3.8) is 0 Å². The monoisotopic (exact) mass is 433 g/mol. The molecular weight excluding hydrogens is 413 g/mol. The highest BCUT2D eigenvalue weighted by atomic mass is 35.5. The van der Waals surface area contributed by atoms with E-state index in [1.165, 1.54) is 0 Å². The summed E-state index contributed by atoms with van der Waals surface area (Å²) in [5.74, 6) is 1.79. The first kappa shape index (κ1) is 21.1. The SMILES string of the molecule is COc1ccc(CCNC(=O)c2oc(-c3cc(Cl)ccc3Cl)cc2C)cc1OC. The highest BCUT2D eigenvalue weighted by Gasteiger charge is 2.18. The summed E-state index contributed by atoms with van der Waals surface area (Å²) in [6.45, 7) is 2.26. The van der Waals surface area contributed by atoms with E-state index in [1.54, 1.807) is 38.5 Å². The summed E-state index contributed by atoms with van der Waals surface area (Å²) in [5, 5.41) is 3.93. The van der Waals surface area contributed by atoms with Gasteiger partial charge in [-0.05, 0) is 55.3 Å². The molecule has 3 aromatic rings. The van der Waals surface area contributed by atoms with E-state index in [-0.39, 0.29) is 11.7 Å². The molecule has 0 unspecified atom stereocenters. The average Bonchev–Trinajstić information content (AvgIpc) is 3.11. The number of carbonyl (C=O) groups excluding carboxylic acids is 1. The minimum Gasteiger partial charge on any atom is -0.493 e. The van der Waals surface area contributed by atoms with Gasteiger partial charge in [-0.3, -0.25) is 4.79 Å². The van der Waals surface area contributed by atoms with Gasteiger partial charge in [0.2, 0.25) is 0 Å². The maximum absolute atomic E-state index is 12.6. The molecule has 29 heavy (non-hydrogen) atoms. The lowest BCUT2D eigenvalue weighted by Gasteiger charge is -2.10. The number of aryl methyl sites for hydroxylation is 1. The zero-order valence-electron chi connectivity index (χ0n) is 16.3. The van der Waals surface area contributed by atoms with Gasteiger partial charge in [-0.1, -0.05) is 29.3 Å². The molecule has 2 aromatic carbocycles. The Hall–Kier alpha value is -2.63. The van der Waals surface area contributed by atoms with Crippen LogP contribution >= 0.6 is 23.2 Å². The number of rotatable bonds is 7. The van der Waals surface area contributed by atoms with Crippen molar-refractivity contribution in [3.05, 3.63) is 69.4 Å². The molecule has 3 rings (SSSR count). The number of amides is 1. The van der Waals surface area contributed by atoms with Crippen LogP contribution < -0.4 is 14.8 Å². The van der Waals surface area contributed by atoms with E-state index in [0.29, 0.717) is 45.8 Å². The zero-order chi connectivity index (χ0) is 21.0. The van der Waals surface area contributed by atoms with Crippen LogP contribution in [0.2, 0.25) is 10.0 Å². The summed E-state index contributed by atoms with van der Waals surface area (Å²) >= 11 is 12.3. The van der Waals surface area contributed by atoms with Gasteiger partial charge in [0.1, 0.15) is 5.76 Å². The summed E-state index contributed by atoms with van der Waals surface area (Å²) in [6, 6.07) is 12.5. The standard InChI is InChI=1S/C22H21Cl2NO4/c1-13-10-19(16-12-15(23)5-6-17(16)24)29-21(13)22(26)25-9-8-14-4-7-18(27-2)20(11-14)28-3/h4-7,10-12H,8-9H2,1-3H3,(H,25,26). The molecule has 1 aromatic heterocycles. The Morgan fingerprint density at radius 3 is 2.52 bits per heavy atom. The summed E-state index contributed by atoms with van der Waals surface area (Å²) < 4.78 is 16.3. The molecule has 152 valence electrons.